The van der Waals surface area contributed by atoms with Gasteiger partial charge in [0.1, 0.15) is 5.82 Å². The maximum absolute atomic E-state index is 13.3. The van der Waals surface area contributed by atoms with Crippen LogP contribution in [0.4, 0.5) is 23.2 Å². The van der Waals surface area contributed by atoms with Gasteiger partial charge in [0, 0.05) is 37.8 Å². The molecular weight excluding hydrogens is 396 g/mol. The highest BCUT2D eigenvalue weighted by atomic mass is 19.4. The summed E-state index contributed by atoms with van der Waals surface area (Å²) in [6, 6.07) is 11.4. The molecule has 0 radical (unpaired) electrons. The number of hydrogen-bond acceptors (Lipinski definition) is 2. The van der Waals surface area contributed by atoms with E-state index in [9.17, 15) is 22.4 Å². The fourth-order valence-electron chi connectivity index (χ4n) is 3.93. The highest BCUT2D eigenvalue weighted by Gasteiger charge is 2.31. The van der Waals surface area contributed by atoms with Crippen LogP contribution in [-0.2, 0) is 17.5 Å². The molecule has 1 fully saturated rings. The highest BCUT2D eigenvalue weighted by Crippen LogP contribution is 2.30. The van der Waals surface area contributed by atoms with Crippen molar-refractivity contribution < 1.29 is 22.4 Å². The number of benzene rings is 2. The molecule has 0 bridgehead atoms. The van der Waals surface area contributed by atoms with Crippen LogP contribution < -0.4 is 4.90 Å². The van der Waals surface area contributed by atoms with E-state index in [0.717, 1.165) is 12.5 Å². The summed E-state index contributed by atoms with van der Waals surface area (Å²) in [6.45, 7) is 3.74. The van der Waals surface area contributed by atoms with Gasteiger partial charge in [-0.15, -0.1) is 0 Å². The Morgan fingerprint density at radius 3 is 2.37 bits per heavy atom. The van der Waals surface area contributed by atoms with Crippen molar-refractivity contribution >= 4 is 11.6 Å². The Morgan fingerprint density at radius 2 is 1.77 bits per heavy atom. The lowest BCUT2D eigenvalue weighted by atomic mass is 10.0. The summed E-state index contributed by atoms with van der Waals surface area (Å²) in [5.41, 5.74) is 0.675. The molecule has 0 saturated carbocycles. The van der Waals surface area contributed by atoms with Gasteiger partial charge in [-0.1, -0.05) is 25.1 Å². The Labute approximate surface area is 174 Å². The number of piperidine rings is 1. The molecule has 162 valence electrons. The normalized spacial score (nSPS) is 15.9. The van der Waals surface area contributed by atoms with Gasteiger partial charge in [0.05, 0.1) is 5.56 Å². The average Bonchev–Trinajstić information content (AvgIpc) is 2.71. The number of anilines is 1. The van der Waals surface area contributed by atoms with Gasteiger partial charge in [0.2, 0.25) is 5.91 Å². The van der Waals surface area contributed by atoms with Crippen molar-refractivity contribution in [3.8, 4) is 0 Å². The molecular formula is C23H26F4N2O. The Morgan fingerprint density at radius 1 is 1.10 bits per heavy atom. The first-order valence-corrected chi connectivity index (χ1v) is 10.2. The zero-order chi connectivity index (χ0) is 21.7. The summed E-state index contributed by atoms with van der Waals surface area (Å²) < 4.78 is 52.1. The molecule has 2 aromatic rings. The van der Waals surface area contributed by atoms with Crippen LogP contribution in [0, 0.1) is 5.82 Å². The summed E-state index contributed by atoms with van der Waals surface area (Å²) in [4.78, 5) is 16.6. The van der Waals surface area contributed by atoms with E-state index in [-0.39, 0.29) is 17.8 Å². The van der Waals surface area contributed by atoms with Crippen molar-refractivity contribution in [1.29, 1.82) is 0 Å². The summed E-state index contributed by atoms with van der Waals surface area (Å²) in [5, 5.41) is 0. The number of nitrogens with zero attached hydrogens (tertiary/aromatic N) is 2. The smallest absolute Gasteiger partial charge is 0.309 e. The fraction of sp³-hybridized carbons (Fsp3) is 0.435. The van der Waals surface area contributed by atoms with E-state index < -0.39 is 11.7 Å². The molecule has 30 heavy (non-hydrogen) atoms. The summed E-state index contributed by atoms with van der Waals surface area (Å²) in [7, 11) is 0. The minimum Gasteiger partial charge on any atom is -0.309 e. The van der Waals surface area contributed by atoms with Gasteiger partial charge in [-0.25, -0.2) is 4.39 Å². The topological polar surface area (TPSA) is 23.6 Å². The maximum Gasteiger partial charge on any atom is 0.416 e. The van der Waals surface area contributed by atoms with E-state index in [1.165, 1.54) is 24.3 Å². The standard InChI is InChI=1S/C23H26F4N2O/c1-2-4-22(30)29(20-9-7-19(24)8-10-20)21-11-13-28(14-12-21)16-17-5-3-6-18(15-17)23(25,26)27/h3,5-10,15,21H,2,4,11-14,16H2,1H3. The molecule has 0 unspecified atom stereocenters. The molecule has 1 heterocycles. The molecule has 0 spiro atoms. The van der Waals surface area contributed by atoms with Crippen LogP contribution in [0.5, 0.6) is 0 Å². The molecule has 1 amide bonds. The lowest BCUT2D eigenvalue weighted by molar-refractivity contribution is -0.137. The summed E-state index contributed by atoms with van der Waals surface area (Å²) in [6.07, 6.45) is -1.78. The van der Waals surface area contributed by atoms with Crippen molar-refractivity contribution in [2.45, 2.75) is 51.4 Å². The molecule has 0 N–H and O–H groups in total. The monoisotopic (exact) mass is 422 g/mol. The average molecular weight is 422 g/mol. The molecule has 0 aromatic heterocycles. The first-order valence-electron chi connectivity index (χ1n) is 10.2. The molecule has 0 atom stereocenters. The van der Waals surface area contributed by atoms with Crippen molar-refractivity contribution in [2.75, 3.05) is 18.0 Å². The quantitative estimate of drug-likeness (QED) is 0.563. The van der Waals surface area contributed by atoms with Crippen LogP contribution in [0.3, 0.4) is 0 Å². The summed E-state index contributed by atoms with van der Waals surface area (Å²) >= 11 is 0. The first-order chi connectivity index (χ1) is 14.3. The van der Waals surface area contributed by atoms with E-state index in [4.69, 9.17) is 0 Å². The number of rotatable bonds is 6. The number of alkyl halides is 3. The fourth-order valence-corrected chi connectivity index (χ4v) is 3.93. The van der Waals surface area contributed by atoms with Crippen LogP contribution >= 0.6 is 0 Å². The Kier molecular flexibility index (Phi) is 7.13. The van der Waals surface area contributed by atoms with Gasteiger partial charge in [-0.2, -0.15) is 13.2 Å². The van der Waals surface area contributed by atoms with Gasteiger partial charge in [0.15, 0.2) is 0 Å². The van der Waals surface area contributed by atoms with Crippen LogP contribution in [-0.4, -0.2) is 29.9 Å². The van der Waals surface area contributed by atoms with E-state index in [0.29, 0.717) is 50.1 Å². The maximum atomic E-state index is 13.3. The van der Waals surface area contributed by atoms with Crippen molar-refractivity contribution in [1.82, 2.24) is 4.90 Å². The van der Waals surface area contributed by atoms with E-state index in [2.05, 4.69) is 4.90 Å². The van der Waals surface area contributed by atoms with Crippen molar-refractivity contribution in [3.05, 3.63) is 65.5 Å². The van der Waals surface area contributed by atoms with Gasteiger partial charge in [-0.05, 0) is 55.2 Å². The van der Waals surface area contributed by atoms with Gasteiger partial charge in [-0.3, -0.25) is 9.69 Å². The molecule has 7 heteroatoms. The lowest BCUT2D eigenvalue weighted by Crippen LogP contribution is -2.47. The number of carbonyl (C=O) groups is 1. The third-order valence-electron chi connectivity index (χ3n) is 5.42. The molecule has 2 aromatic carbocycles. The molecule has 1 saturated heterocycles. The molecule has 1 aliphatic rings. The Hall–Kier alpha value is -2.41. The Balaban J connectivity index is 1.66. The van der Waals surface area contributed by atoms with Crippen LogP contribution in [0.25, 0.3) is 0 Å². The second-order valence-electron chi connectivity index (χ2n) is 7.70. The number of hydrogen-bond donors (Lipinski definition) is 0. The lowest BCUT2D eigenvalue weighted by Gasteiger charge is -2.38. The second-order valence-corrected chi connectivity index (χ2v) is 7.70. The van der Waals surface area contributed by atoms with Crippen LogP contribution in [0.15, 0.2) is 48.5 Å². The number of halogens is 4. The molecule has 3 rings (SSSR count). The van der Waals surface area contributed by atoms with Gasteiger partial charge >= 0.3 is 6.18 Å². The number of amides is 1. The molecule has 0 aliphatic carbocycles. The van der Waals surface area contributed by atoms with E-state index >= 15 is 0 Å². The Bertz CT molecular complexity index is 843. The highest BCUT2D eigenvalue weighted by molar-refractivity contribution is 5.93. The zero-order valence-electron chi connectivity index (χ0n) is 17.0. The van der Waals surface area contributed by atoms with Crippen molar-refractivity contribution in [3.63, 3.8) is 0 Å². The van der Waals surface area contributed by atoms with Crippen molar-refractivity contribution in [2.24, 2.45) is 0 Å². The van der Waals surface area contributed by atoms with E-state index in [1.807, 2.05) is 6.92 Å². The minimum absolute atomic E-state index is 0.00716. The van der Waals surface area contributed by atoms with Gasteiger partial charge in [0.25, 0.3) is 0 Å². The second kappa shape index (κ2) is 9.60. The third kappa shape index (κ3) is 5.59. The predicted molar refractivity (Wildman–Crippen MR) is 109 cm³/mol. The SMILES string of the molecule is CCCC(=O)N(c1ccc(F)cc1)C1CCN(Cc2cccc(C(F)(F)F)c2)CC1. The predicted octanol–water partition coefficient (Wildman–Crippen LogP) is 5.64. The zero-order valence-corrected chi connectivity index (χ0v) is 17.0. The van der Waals surface area contributed by atoms with Crippen LogP contribution in [0.2, 0.25) is 0 Å². The first kappa shape index (κ1) is 22.3. The minimum atomic E-state index is -4.35. The molecule has 1 aliphatic heterocycles. The molecule has 3 nitrogen and oxygen atoms in total. The van der Waals surface area contributed by atoms with Crippen LogP contribution in [0.1, 0.15) is 43.7 Å². The third-order valence-corrected chi connectivity index (χ3v) is 5.42. The number of likely N-dealkylation sites (tertiary alicyclic amines) is 1. The summed E-state index contributed by atoms with van der Waals surface area (Å²) in [5.74, 6) is -0.335. The largest absolute Gasteiger partial charge is 0.416 e. The van der Waals surface area contributed by atoms with Gasteiger partial charge < -0.3 is 4.90 Å². The number of carbonyl (C=O) groups excluding carboxylic acids is 1. The van der Waals surface area contributed by atoms with E-state index in [1.54, 1.807) is 23.1 Å².